The third kappa shape index (κ3) is 3.32. The zero-order valence-electron chi connectivity index (χ0n) is 13.9. The van der Waals surface area contributed by atoms with Gasteiger partial charge in [-0.3, -0.25) is 0 Å². The molecule has 0 saturated carbocycles. The Balaban J connectivity index is 1.84. The van der Waals surface area contributed by atoms with Crippen molar-refractivity contribution in [3.05, 3.63) is 41.0 Å². The van der Waals surface area contributed by atoms with Crippen LogP contribution in [0.5, 0.6) is 0 Å². The molecule has 1 aromatic carbocycles. The molecule has 0 bridgehead atoms. The fourth-order valence-electron chi connectivity index (χ4n) is 2.44. The molecule has 1 saturated heterocycles. The van der Waals surface area contributed by atoms with Gasteiger partial charge in [-0.05, 0) is 38.8 Å². The minimum Gasteiger partial charge on any atom is -0.598 e. The van der Waals surface area contributed by atoms with E-state index in [2.05, 4.69) is 34.0 Å². The summed E-state index contributed by atoms with van der Waals surface area (Å²) in [6.45, 7) is 9.04. The number of thiazole rings is 1. The Labute approximate surface area is 144 Å². The number of nitrogens with zero attached hydrogens (tertiary/aromatic N) is 1. The van der Waals surface area contributed by atoms with Crippen molar-refractivity contribution in [2.45, 2.75) is 38.0 Å². The van der Waals surface area contributed by atoms with E-state index >= 15 is 0 Å². The second kappa shape index (κ2) is 6.18. The van der Waals surface area contributed by atoms with Crippen LogP contribution in [0.2, 0.25) is 0 Å². The molecule has 1 aliphatic rings. The summed E-state index contributed by atoms with van der Waals surface area (Å²) in [5, 5.41) is 0. The zero-order chi connectivity index (χ0) is 16.7. The molecule has 1 aliphatic heterocycles. The van der Waals surface area contributed by atoms with Gasteiger partial charge in [0, 0.05) is 11.4 Å². The molecule has 3 rings (SSSR count). The molecule has 4 nitrogen and oxygen atoms in total. The first-order valence-electron chi connectivity index (χ1n) is 7.60. The summed E-state index contributed by atoms with van der Waals surface area (Å²) in [5.41, 5.74) is 4.86. The second-order valence-corrected chi connectivity index (χ2v) is 9.72. The van der Waals surface area contributed by atoms with Crippen LogP contribution in [0, 0.1) is 6.92 Å². The average molecular weight is 351 g/mol. The lowest BCUT2D eigenvalue weighted by molar-refractivity contribution is -0.0666. The Bertz CT molecular complexity index is 673. The zero-order valence-corrected chi connectivity index (χ0v) is 15.5. The lowest BCUT2D eigenvalue weighted by Crippen LogP contribution is -2.61. The molecule has 0 amide bonds. The largest absolute Gasteiger partial charge is 0.598 e. The third-order valence-corrected chi connectivity index (χ3v) is 6.65. The van der Waals surface area contributed by atoms with Crippen molar-refractivity contribution in [2.24, 2.45) is 0 Å². The number of rotatable bonds is 4. The van der Waals surface area contributed by atoms with E-state index in [1.165, 1.54) is 10.4 Å². The van der Waals surface area contributed by atoms with E-state index in [4.69, 9.17) is 4.74 Å². The van der Waals surface area contributed by atoms with Crippen molar-refractivity contribution in [3.63, 3.8) is 0 Å². The van der Waals surface area contributed by atoms with Crippen LogP contribution in [0.1, 0.15) is 32.0 Å². The maximum atomic E-state index is 12.5. The standard InChI is InChI=1S/C17H22N2O2S2/c1-12-15(22-11-18-12)13-5-7-14(8-6-13)17(9-21-10-17)19-23(20)16(2,3)4/h5-8,11,19H,9-10H2,1-4H3. The van der Waals surface area contributed by atoms with Crippen LogP contribution in [-0.4, -0.2) is 27.5 Å². The number of ether oxygens (including phenoxy) is 1. The Kier molecular flexibility index (Phi) is 4.55. The van der Waals surface area contributed by atoms with Gasteiger partial charge in [0.1, 0.15) is 10.3 Å². The third-order valence-electron chi connectivity index (χ3n) is 3.99. The highest BCUT2D eigenvalue weighted by molar-refractivity contribution is 7.90. The van der Waals surface area contributed by atoms with Gasteiger partial charge in [-0.25, -0.2) is 4.98 Å². The van der Waals surface area contributed by atoms with Gasteiger partial charge < -0.3 is 9.29 Å². The van der Waals surface area contributed by atoms with Crippen LogP contribution < -0.4 is 4.72 Å². The smallest absolute Gasteiger partial charge is 0.136 e. The number of hydrogen-bond donors (Lipinski definition) is 1. The molecule has 0 aliphatic carbocycles. The first kappa shape index (κ1) is 16.9. The van der Waals surface area contributed by atoms with Crippen LogP contribution in [-0.2, 0) is 21.6 Å². The Hall–Kier alpha value is -0.920. The molecule has 0 spiro atoms. The summed E-state index contributed by atoms with van der Waals surface area (Å²) >= 11 is 0.517. The molecule has 23 heavy (non-hydrogen) atoms. The first-order chi connectivity index (χ1) is 10.8. The SMILES string of the molecule is Cc1ncsc1-c1ccc(C2(N[S+]([O-])C(C)(C)C)COC2)cc1. The highest BCUT2D eigenvalue weighted by atomic mass is 32.2. The summed E-state index contributed by atoms with van der Waals surface area (Å²) in [6, 6.07) is 8.42. The van der Waals surface area contributed by atoms with E-state index in [9.17, 15) is 4.55 Å². The van der Waals surface area contributed by atoms with E-state index in [-0.39, 0.29) is 10.3 Å². The maximum Gasteiger partial charge on any atom is 0.136 e. The second-order valence-electron chi connectivity index (χ2n) is 6.90. The summed E-state index contributed by atoms with van der Waals surface area (Å²) in [4.78, 5) is 5.50. The van der Waals surface area contributed by atoms with Crippen molar-refractivity contribution < 1.29 is 9.29 Å². The molecular formula is C17H22N2O2S2. The van der Waals surface area contributed by atoms with Crippen LogP contribution >= 0.6 is 11.3 Å². The van der Waals surface area contributed by atoms with Crippen molar-refractivity contribution in [1.29, 1.82) is 0 Å². The van der Waals surface area contributed by atoms with Crippen molar-refractivity contribution in [3.8, 4) is 10.4 Å². The van der Waals surface area contributed by atoms with Crippen molar-refractivity contribution in [1.82, 2.24) is 9.71 Å². The quantitative estimate of drug-likeness (QED) is 0.859. The number of benzene rings is 1. The molecule has 1 fully saturated rings. The van der Waals surface area contributed by atoms with Gasteiger partial charge in [0.15, 0.2) is 0 Å². The highest BCUT2D eigenvalue weighted by Gasteiger charge is 2.46. The molecule has 1 N–H and O–H groups in total. The summed E-state index contributed by atoms with van der Waals surface area (Å²) < 4.78 is 20.9. The van der Waals surface area contributed by atoms with Gasteiger partial charge in [-0.1, -0.05) is 24.3 Å². The van der Waals surface area contributed by atoms with Crippen LogP contribution in [0.3, 0.4) is 0 Å². The van der Waals surface area contributed by atoms with E-state index < -0.39 is 11.4 Å². The molecule has 2 aromatic rings. The van der Waals surface area contributed by atoms with E-state index in [1.807, 2.05) is 33.2 Å². The van der Waals surface area contributed by atoms with Crippen LogP contribution in [0.15, 0.2) is 29.8 Å². The maximum absolute atomic E-state index is 12.5. The van der Waals surface area contributed by atoms with Gasteiger partial charge in [-0.2, -0.15) is 0 Å². The molecule has 0 radical (unpaired) electrons. The molecule has 124 valence electrons. The predicted molar refractivity (Wildman–Crippen MR) is 95.8 cm³/mol. The summed E-state index contributed by atoms with van der Waals surface area (Å²) in [5.74, 6) is 0. The fourth-order valence-corrected chi connectivity index (χ4v) is 4.15. The minimum absolute atomic E-state index is 0.303. The van der Waals surface area contributed by atoms with Gasteiger partial charge >= 0.3 is 0 Å². The van der Waals surface area contributed by atoms with Gasteiger partial charge in [0.25, 0.3) is 0 Å². The Morgan fingerprint density at radius 1 is 1.26 bits per heavy atom. The minimum atomic E-state index is -1.13. The Morgan fingerprint density at radius 2 is 1.91 bits per heavy atom. The monoisotopic (exact) mass is 350 g/mol. The van der Waals surface area contributed by atoms with Crippen LogP contribution in [0.4, 0.5) is 0 Å². The molecule has 1 atom stereocenters. The summed E-state index contributed by atoms with van der Waals surface area (Å²) in [7, 11) is 0. The normalized spacial score (nSPS) is 18.5. The van der Waals surface area contributed by atoms with E-state index in [0.29, 0.717) is 13.2 Å². The number of nitrogens with one attached hydrogen (secondary N) is 1. The lowest BCUT2D eigenvalue weighted by Gasteiger charge is -2.43. The molecule has 2 heterocycles. The number of hydrogen-bond acceptors (Lipinski definition) is 5. The summed E-state index contributed by atoms with van der Waals surface area (Å²) in [6.07, 6.45) is 0. The van der Waals surface area contributed by atoms with Gasteiger partial charge in [0.05, 0.1) is 29.3 Å². The molecule has 1 aromatic heterocycles. The van der Waals surface area contributed by atoms with Crippen molar-refractivity contribution >= 4 is 22.7 Å². The molecule has 6 heteroatoms. The van der Waals surface area contributed by atoms with E-state index in [0.717, 1.165) is 11.3 Å². The average Bonchev–Trinajstić information content (AvgIpc) is 2.88. The first-order valence-corrected chi connectivity index (χ1v) is 9.63. The molecular weight excluding hydrogens is 328 g/mol. The van der Waals surface area contributed by atoms with Gasteiger partial charge in [0.2, 0.25) is 0 Å². The Morgan fingerprint density at radius 3 is 2.35 bits per heavy atom. The number of aryl methyl sites for hydroxylation is 1. The number of aromatic nitrogens is 1. The molecule has 1 unspecified atom stereocenters. The topological polar surface area (TPSA) is 57.2 Å². The van der Waals surface area contributed by atoms with E-state index in [1.54, 1.807) is 11.3 Å². The fraction of sp³-hybridized carbons (Fsp3) is 0.471. The predicted octanol–water partition coefficient (Wildman–Crippen LogP) is 3.40. The highest BCUT2D eigenvalue weighted by Crippen LogP contribution is 2.34. The van der Waals surface area contributed by atoms with Crippen molar-refractivity contribution in [2.75, 3.05) is 13.2 Å². The van der Waals surface area contributed by atoms with Gasteiger partial charge in [-0.15, -0.1) is 16.1 Å². The lowest BCUT2D eigenvalue weighted by atomic mass is 9.88. The van der Waals surface area contributed by atoms with Crippen LogP contribution in [0.25, 0.3) is 10.4 Å².